The third kappa shape index (κ3) is 8.21. The Bertz CT molecular complexity index is 676. The molecule has 0 radical (unpaired) electrons. The second-order valence-electron chi connectivity index (χ2n) is 6.80. The fraction of sp³-hybridized carbons (Fsp3) is 0.444. The van der Waals surface area contributed by atoms with Gasteiger partial charge in [-0.25, -0.2) is 4.79 Å². The summed E-state index contributed by atoms with van der Waals surface area (Å²) in [5, 5.41) is 7.26. The van der Waals surface area contributed by atoms with Gasteiger partial charge in [0.25, 0.3) is 0 Å². The summed E-state index contributed by atoms with van der Waals surface area (Å²) in [6.07, 6.45) is 0. The average Bonchev–Trinajstić information content (AvgIpc) is 2.63. The number of carbonyl (C=O) groups excluding carboxylic acids is 4. The minimum absolute atomic E-state index is 0.0402. The van der Waals surface area contributed by atoms with Crippen LogP contribution in [0.4, 0.5) is 4.79 Å². The van der Waals surface area contributed by atoms with Crippen molar-refractivity contribution in [1.29, 1.82) is 0 Å². The molecule has 0 saturated heterocycles. The van der Waals surface area contributed by atoms with E-state index < -0.39 is 23.3 Å². The van der Waals surface area contributed by atoms with Gasteiger partial charge in [0.15, 0.2) is 0 Å². The van der Waals surface area contributed by atoms with E-state index in [1.54, 1.807) is 20.9 Å². The number of nitrogens with zero attached hydrogens (tertiary/aromatic N) is 1. The molecule has 0 bridgehead atoms. The number of hydrogen-bond acceptors (Lipinski definition) is 4. The Hall–Kier alpha value is -3.10. The number of carbonyl (C=O) groups is 4. The Morgan fingerprint density at radius 3 is 2.22 bits per heavy atom. The van der Waals surface area contributed by atoms with Gasteiger partial charge in [0, 0.05) is 20.1 Å². The van der Waals surface area contributed by atoms with E-state index in [-0.39, 0.29) is 25.5 Å². The predicted molar refractivity (Wildman–Crippen MR) is 100 cm³/mol. The summed E-state index contributed by atoms with van der Waals surface area (Å²) in [5.74, 6) is -1.29. The summed E-state index contributed by atoms with van der Waals surface area (Å²) < 4.78 is 0. The third-order valence-electron chi connectivity index (χ3n) is 3.89. The van der Waals surface area contributed by atoms with Crippen LogP contribution in [0.2, 0.25) is 0 Å². The highest BCUT2D eigenvalue weighted by atomic mass is 16.2. The van der Waals surface area contributed by atoms with Crippen LogP contribution in [0, 0.1) is 5.41 Å². The van der Waals surface area contributed by atoms with Gasteiger partial charge in [-0.05, 0) is 19.4 Å². The zero-order chi connectivity index (χ0) is 20.4. The van der Waals surface area contributed by atoms with Gasteiger partial charge in [-0.2, -0.15) is 0 Å². The largest absolute Gasteiger partial charge is 0.369 e. The van der Waals surface area contributed by atoms with Crippen LogP contribution in [0.25, 0.3) is 0 Å². The van der Waals surface area contributed by atoms with Crippen LogP contribution in [-0.2, 0) is 20.9 Å². The summed E-state index contributed by atoms with van der Waals surface area (Å²) >= 11 is 0. The SMILES string of the molecule is CN(Cc1ccccc1)C(=O)CNC(=O)CNC(=O)NCC(C)(C)C(N)=O. The molecule has 148 valence electrons. The first kappa shape index (κ1) is 21.9. The minimum atomic E-state index is -0.893. The van der Waals surface area contributed by atoms with Crippen LogP contribution in [-0.4, -0.2) is 55.3 Å². The average molecular weight is 377 g/mol. The molecule has 0 fully saturated rings. The fourth-order valence-electron chi connectivity index (χ4n) is 1.93. The van der Waals surface area contributed by atoms with Gasteiger partial charge < -0.3 is 26.6 Å². The number of rotatable bonds is 9. The van der Waals surface area contributed by atoms with Gasteiger partial charge in [-0.3, -0.25) is 14.4 Å². The van der Waals surface area contributed by atoms with Gasteiger partial charge >= 0.3 is 6.03 Å². The van der Waals surface area contributed by atoms with Crippen LogP contribution in [0.1, 0.15) is 19.4 Å². The molecule has 27 heavy (non-hydrogen) atoms. The molecule has 1 rings (SSSR count). The van der Waals surface area contributed by atoms with Crippen LogP contribution >= 0.6 is 0 Å². The lowest BCUT2D eigenvalue weighted by molar-refractivity contribution is -0.132. The first-order valence-corrected chi connectivity index (χ1v) is 8.48. The summed E-state index contributed by atoms with van der Waals surface area (Å²) in [5.41, 5.74) is 5.30. The zero-order valence-corrected chi connectivity index (χ0v) is 15.9. The number of hydrogen-bond donors (Lipinski definition) is 4. The van der Waals surface area contributed by atoms with Crippen molar-refractivity contribution in [3.05, 3.63) is 35.9 Å². The molecule has 5 amide bonds. The number of likely N-dealkylation sites (N-methyl/N-ethyl adjacent to an activating group) is 1. The molecule has 0 unspecified atom stereocenters. The van der Waals surface area contributed by atoms with E-state index in [9.17, 15) is 19.2 Å². The molecule has 0 aliphatic rings. The quantitative estimate of drug-likeness (QED) is 0.465. The van der Waals surface area contributed by atoms with Crippen LogP contribution < -0.4 is 21.7 Å². The smallest absolute Gasteiger partial charge is 0.315 e. The molecular weight excluding hydrogens is 350 g/mol. The van der Waals surface area contributed by atoms with Crippen molar-refractivity contribution in [2.24, 2.45) is 11.1 Å². The van der Waals surface area contributed by atoms with Crippen molar-refractivity contribution in [3.8, 4) is 0 Å². The Morgan fingerprint density at radius 1 is 1.00 bits per heavy atom. The number of benzene rings is 1. The normalized spacial score (nSPS) is 10.6. The molecule has 0 heterocycles. The maximum atomic E-state index is 12.0. The number of amides is 5. The van der Waals surface area contributed by atoms with Crippen LogP contribution in [0.15, 0.2) is 30.3 Å². The van der Waals surface area contributed by atoms with Gasteiger partial charge in [0.1, 0.15) is 0 Å². The highest BCUT2D eigenvalue weighted by Crippen LogP contribution is 2.11. The van der Waals surface area contributed by atoms with E-state index in [2.05, 4.69) is 16.0 Å². The molecule has 0 atom stereocenters. The van der Waals surface area contributed by atoms with Crippen molar-refractivity contribution in [3.63, 3.8) is 0 Å². The number of urea groups is 1. The van der Waals surface area contributed by atoms with Gasteiger partial charge in [-0.15, -0.1) is 0 Å². The number of nitrogens with two attached hydrogens (primary N) is 1. The molecule has 0 aliphatic heterocycles. The Labute approximate surface area is 158 Å². The molecule has 1 aromatic carbocycles. The molecule has 0 aromatic heterocycles. The summed E-state index contributed by atoms with van der Waals surface area (Å²) in [4.78, 5) is 48.1. The first-order valence-electron chi connectivity index (χ1n) is 8.48. The van der Waals surface area contributed by atoms with Gasteiger partial charge in [0.05, 0.1) is 18.5 Å². The molecule has 1 aromatic rings. The highest BCUT2D eigenvalue weighted by molar-refractivity contribution is 5.88. The lowest BCUT2D eigenvalue weighted by Crippen LogP contribution is -2.48. The third-order valence-corrected chi connectivity index (χ3v) is 3.89. The Morgan fingerprint density at radius 2 is 1.63 bits per heavy atom. The van der Waals surface area contributed by atoms with Crippen molar-refractivity contribution in [1.82, 2.24) is 20.9 Å². The maximum absolute atomic E-state index is 12.0. The predicted octanol–water partition coefficient (Wildman–Crippen LogP) is -0.428. The standard InChI is InChI=1S/C18H27N5O4/c1-18(2,16(19)26)12-22-17(27)21-9-14(24)20-10-15(25)23(3)11-13-7-5-4-6-8-13/h4-8H,9-12H2,1-3H3,(H2,19,26)(H,20,24)(H2,21,22,27). The van der Waals surface area contributed by atoms with E-state index in [0.29, 0.717) is 6.54 Å². The van der Waals surface area contributed by atoms with Gasteiger partial charge in [0.2, 0.25) is 17.7 Å². The molecule has 5 N–H and O–H groups in total. The summed E-state index contributed by atoms with van der Waals surface area (Å²) in [6, 6.07) is 8.87. The van der Waals surface area contributed by atoms with Crippen LogP contribution in [0.3, 0.4) is 0 Å². The molecule has 9 heteroatoms. The highest BCUT2D eigenvalue weighted by Gasteiger charge is 2.25. The lowest BCUT2D eigenvalue weighted by Gasteiger charge is -2.20. The topological polar surface area (TPSA) is 134 Å². The Kier molecular flexibility index (Phi) is 8.25. The van der Waals surface area contributed by atoms with Crippen LogP contribution in [0.5, 0.6) is 0 Å². The number of nitrogens with one attached hydrogen (secondary N) is 3. The summed E-state index contributed by atoms with van der Waals surface area (Å²) in [7, 11) is 1.65. The molecule has 0 saturated carbocycles. The van der Waals surface area contributed by atoms with E-state index in [1.807, 2.05) is 30.3 Å². The minimum Gasteiger partial charge on any atom is -0.369 e. The molecule has 0 aliphatic carbocycles. The van der Waals surface area contributed by atoms with E-state index in [0.717, 1.165) is 5.56 Å². The van der Waals surface area contributed by atoms with E-state index >= 15 is 0 Å². The molecule has 9 nitrogen and oxygen atoms in total. The fourth-order valence-corrected chi connectivity index (χ4v) is 1.93. The van der Waals surface area contributed by atoms with Crippen molar-refractivity contribution in [2.75, 3.05) is 26.7 Å². The van der Waals surface area contributed by atoms with Gasteiger partial charge in [-0.1, -0.05) is 30.3 Å². The van der Waals surface area contributed by atoms with E-state index in [1.165, 1.54) is 4.90 Å². The molecule has 0 spiro atoms. The summed E-state index contributed by atoms with van der Waals surface area (Å²) in [6.45, 7) is 3.21. The van der Waals surface area contributed by atoms with Crippen molar-refractivity contribution < 1.29 is 19.2 Å². The second-order valence-corrected chi connectivity index (χ2v) is 6.80. The monoisotopic (exact) mass is 377 g/mol. The molecular formula is C18H27N5O4. The maximum Gasteiger partial charge on any atom is 0.315 e. The second kappa shape index (κ2) is 10.1. The van der Waals surface area contributed by atoms with Crippen molar-refractivity contribution in [2.45, 2.75) is 20.4 Å². The zero-order valence-electron chi connectivity index (χ0n) is 15.9. The Balaban J connectivity index is 2.27. The lowest BCUT2D eigenvalue weighted by atomic mass is 9.93. The first-order chi connectivity index (χ1) is 12.6. The van der Waals surface area contributed by atoms with Crippen molar-refractivity contribution >= 4 is 23.8 Å². The van der Waals surface area contributed by atoms with E-state index in [4.69, 9.17) is 5.73 Å². The number of primary amides is 1.